The number of pyridine rings is 2. The van der Waals surface area contributed by atoms with Gasteiger partial charge in [0.1, 0.15) is 11.6 Å². The summed E-state index contributed by atoms with van der Waals surface area (Å²) in [5, 5.41) is 4.05. The van der Waals surface area contributed by atoms with Crippen LogP contribution < -0.4 is 10.2 Å². The molecule has 0 radical (unpaired) electrons. The Labute approximate surface area is 197 Å². The van der Waals surface area contributed by atoms with Crippen molar-refractivity contribution in [2.24, 2.45) is 0 Å². The van der Waals surface area contributed by atoms with E-state index in [-0.39, 0.29) is 17.9 Å². The predicted molar refractivity (Wildman–Crippen MR) is 132 cm³/mol. The van der Waals surface area contributed by atoms with Crippen LogP contribution in [0, 0.1) is 26.6 Å². The molecule has 1 N–H and O–H groups in total. The number of anilines is 1. The zero-order valence-corrected chi connectivity index (χ0v) is 19.5. The van der Waals surface area contributed by atoms with Crippen molar-refractivity contribution in [1.29, 1.82) is 0 Å². The van der Waals surface area contributed by atoms with E-state index in [1.807, 2.05) is 30.5 Å². The lowest BCUT2D eigenvalue weighted by atomic mass is 9.96. The molecule has 7 heteroatoms. The van der Waals surface area contributed by atoms with Crippen LogP contribution in [-0.2, 0) is 0 Å². The van der Waals surface area contributed by atoms with Gasteiger partial charge in [0.05, 0.1) is 17.8 Å². The lowest BCUT2D eigenvalue weighted by Crippen LogP contribution is -2.29. The van der Waals surface area contributed by atoms with Crippen LogP contribution >= 0.6 is 12.2 Å². The molecule has 5 rings (SSSR count). The van der Waals surface area contributed by atoms with Gasteiger partial charge in [0.25, 0.3) is 0 Å². The first-order chi connectivity index (χ1) is 16.0. The highest BCUT2D eigenvalue weighted by atomic mass is 32.1. The van der Waals surface area contributed by atoms with Crippen LogP contribution in [-0.4, -0.2) is 19.6 Å². The van der Waals surface area contributed by atoms with E-state index >= 15 is 0 Å². The average molecular weight is 458 g/mol. The van der Waals surface area contributed by atoms with Gasteiger partial charge in [0, 0.05) is 29.5 Å². The van der Waals surface area contributed by atoms with Crippen molar-refractivity contribution in [2.45, 2.75) is 32.9 Å². The lowest BCUT2D eigenvalue weighted by Gasteiger charge is -2.28. The maximum Gasteiger partial charge on any atom is 0.174 e. The van der Waals surface area contributed by atoms with Crippen molar-refractivity contribution in [3.63, 3.8) is 0 Å². The fourth-order valence-electron chi connectivity index (χ4n) is 4.68. The van der Waals surface area contributed by atoms with Crippen LogP contribution in [0.2, 0.25) is 0 Å². The molecule has 5 nitrogen and oxygen atoms in total. The molecule has 0 aliphatic carbocycles. The molecule has 1 aromatic carbocycles. The average Bonchev–Trinajstić information content (AvgIpc) is 3.31. The fourth-order valence-corrected chi connectivity index (χ4v) is 5.02. The van der Waals surface area contributed by atoms with Crippen molar-refractivity contribution in [3.05, 3.63) is 107 Å². The van der Waals surface area contributed by atoms with Gasteiger partial charge >= 0.3 is 0 Å². The first kappa shape index (κ1) is 21.3. The van der Waals surface area contributed by atoms with Gasteiger partial charge in [-0.05, 0) is 92.6 Å². The number of hydrogen-bond acceptors (Lipinski definition) is 3. The SMILES string of the molecule is Cc1cccnc1-n1c(C)cc([C@@H]2[C@H](c3ccccn3)NC(=S)N2c2ccc(F)cc2)c1C. The van der Waals surface area contributed by atoms with Gasteiger partial charge in [-0.2, -0.15) is 0 Å². The van der Waals surface area contributed by atoms with Crippen LogP contribution in [0.15, 0.2) is 73.1 Å². The summed E-state index contributed by atoms with van der Waals surface area (Å²) in [6.07, 6.45) is 3.60. The summed E-state index contributed by atoms with van der Waals surface area (Å²) in [7, 11) is 0. The molecule has 0 unspecified atom stereocenters. The number of hydrogen-bond donors (Lipinski definition) is 1. The summed E-state index contributed by atoms with van der Waals surface area (Å²) in [5.74, 6) is 0.633. The molecule has 2 atom stereocenters. The van der Waals surface area contributed by atoms with Gasteiger partial charge in [-0.25, -0.2) is 9.37 Å². The molecule has 3 aromatic heterocycles. The second-order valence-corrected chi connectivity index (χ2v) is 8.67. The summed E-state index contributed by atoms with van der Waals surface area (Å²) in [6, 6.07) is 18.2. The largest absolute Gasteiger partial charge is 0.351 e. The van der Waals surface area contributed by atoms with Gasteiger partial charge < -0.3 is 14.8 Å². The number of nitrogens with one attached hydrogen (secondary N) is 1. The standard InChI is InChI=1S/C26H24FN5S/c1-16-7-6-14-29-25(16)31-17(2)15-21(18(31)3)24-23(22-8-4-5-13-28-22)30-26(33)32(24)20-11-9-19(27)10-12-20/h4-15,23-24H,1-3H3,(H,30,33)/t23-,24+/m0/s1. The highest BCUT2D eigenvalue weighted by Gasteiger charge is 2.42. The molecule has 1 aliphatic rings. The number of nitrogens with zero attached hydrogens (tertiary/aromatic N) is 4. The van der Waals surface area contributed by atoms with E-state index in [0.717, 1.165) is 39.7 Å². The molecule has 0 saturated carbocycles. The first-order valence-electron chi connectivity index (χ1n) is 10.8. The van der Waals surface area contributed by atoms with E-state index in [1.165, 1.54) is 12.1 Å². The number of benzene rings is 1. The van der Waals surface area contributed by atoms with Crippen LogP contribution in [0.1, 0.15) is 40.3 Å². The molecule has 1 saturated heterocycles. The Morgan fingerprint density at radius 1 is 0.939 bits per heavy atom. The van der Waals surface area contributed by atoms with Gasteiger partial charge in [0.15, 0.2) is 5.11 Å². The molecular weight excluding hydrogens is 433 g/mol. The quantitative estimate of drug-likeness (QED) is 0.410. The van der Waals surface area contributed by atoms with Crippen LogP contribution in [0.5, 0.6) is 0 Å². The minimum atomic E-state index is -0.279. The van der Waals surface area contributed by atoms with Gasteiger partial charge in [-0.3, -0.25) is 4.98 Å². The fraction of sp³-hybridized carbons (Fsp3) is 0.192. The molecule has 166 valence electrons. The summed E-state index contributed by atoms with van der Waals surface area (Å²) in [4.78, 5) is 11.3. The van der Waals surface area contributed by atoms with Gasteiger partial charge in [-0.1, -0.05) is 12.1 Å². The van der Waals surface area contributed by atoms with Crippen molar-refractivity contribution >= 4 is 23.0 Å². The van der Waals surface area contributed by atoms with E-state index in [1.54, 1.807) is 18.3 Å². The minimum Gasteiger partial charge on any atom is -0.351 e. The Balaban J connectivity index is 1.69. The van der Waals surface area contributed by atoms with Gasteiger partial charge in [0.2, 0.25) is 0 Å². The Morgan fingerprint density at radius 2 is 1.70 bits per heavy atom. The van der Waals surface area contributed by atoms with Crippen LogP contribution in [0.25, 0.3) is 5.82 Å². The molecular formula is C26H24FN5S. The number of aryl methyl sites for hydroxylation is 2. The van der Waals surface area contributed by atoms with Crippen molar-refractivity contribution < 1.29 is 4.39 Å². The van der Waals surface area contributed by atoms with Crippen molar-refractivity contribution in [3.8, 4) is 5.82 Å². The molecule has 4 heterocycles. The Hall–Kier alpha value is -3.58. The summed E-state index contributed by atoms with van der Waals surface area (Å²) in [6.45, 7) is 6.26. The minimum absolute atomic E-state index is 0.164. The highest BCUT2D eigenvalue weighted by Crippen LogP contribution is 2.43. The third-order valence-electron chi connectivity index (χ3n) is 6.19. The summed E-state index contributed by atoms with van der Waals surface area (Å²) >= 11 is 5.78. The Kier molecular flexibility index (Phi) is 5.42. The third kappa shape index (κ3) is 3.68. The molecule has 33 heavy (non-hydrogen) atoms. The molecule has 1 fully saturated rings. The lowest BCUT2D eigenvalue weighted by molar-refractivity contribution is 0.565. The maximum absolute atomic E-state index is 13.7. The second-order valence-electron chi connectivity index (χ2n) is 8.28. The summed E-state index contributed by atoms with van der Waals surface area (Å²) < 4.78 is 15.9. The van der Waals surface area contributed by atoms with E-state index in [4.69, 9.17) is 12.2 Å². The second kappa shape index (κ2) is 8.41. The topological polar surface area (TPSA) is 46.0 Å². The van der Waals surface area contributed by atoms with Gasteiger partial charge in [-0.15, -0.1) is 0 Å². The molecule has 0 bridgehead atoms. The van der Waals surface area contributed by atoms with Crippen LogP contribution in [0.4, 0.5) is 10.1 Å². The molecule has 0 spiro atoms. The van der Waals surface area contributed by atoms with E-state index in [2.05, 4.69) is 57.7 Å². The predicted octanol–water partition coefficient (Wildman–Crippen LogP) is 5.51. The summed E-state index contributed by atoms with van der Waals surface area (Å²) in [5.41, 5.74) is 6.11. The Bertz CT molecular complexity index is 1320. The third-order valence-corrected chi connectivity index (χ3v) is 6.50. The van der Waals surface area contributed by atoms with E-state index < -0.39 is 0 Å². The molecule has 1 aliphatic heterocycles. The van der Waals surface area contributed by atoms with E-state index in [9.17, 15) is 4.39 Å². The molecule has 4 aromatic rings. The molecule has 0 amide bonds. The zero-order valence-electron chi connectivity index (χ0n) is 18.7. The van der Waals surface area contributed by atoms with E-state index in [0.29, 0.717) is 5.11 Å². The Morgan fingerprint density at radius 3 is 2.39 bits per heavy atom. The smallest absolute Gasteiger partial charge is 0.174 e. The maximum atomic E-state index is 13.7. The van der Waals surface area contributed by atoms with Crippen LogP contribution in [0.3, 0.4) is 0 Å². The monoisotopic (exact) mass is 457 g/mol. The first-order valence-corrected chi connectivity index (χ1v) is 11.2. The number of thiocarbonyl (C=S) groups is 1. The highest BCUT2D eigenvalue weighted by molar-refractivity contribution is 7.80. The van der Waals surface area contributed by atoms with Crippen molar-refractivity contribution in [2.75, 3.05) is 4.90 Å². The normalized spacial score (nSPS) is 17.9. The number of rotatable bonds is 4. The number of halogens is 1. The number of aromatic nitrogens is 3. The zero-order chi connectivity index (χ0) is 23.1. The van der Waals surface area contributed by atoms with Crippen molar-refractivity contribution in [1.82, 2.24) is 19.9 Å².